The van der Waals surface area contributed by atoms with Crippen molar-refractivity contribution in [1.82, 2.24) is 5.32 Å². The molecule has 1 N–H and O–H groups in total. The monoisotopic (exact) mass is 203 g/mol. The molecule has 1 atom stereocenters. The first kappa shape index (κ1) is 11.0. The van der Waals surface area contributed by atoms with Crippen molar-refractivity contribution in [2.45, 2.75) is 31.8 Å². The van der Waals surface area contributed by atoms with Crippen LogP contribution in [0.1, 0.15) is 25.7 Å². The molecule has 1 unspecified atom stereocenters. The van der Waals surface area contributed by atoms with Crippen LogP contribution in [0.25, 0.3) is 0 Å². The molecule has 0 aromatic heterocycles. The van der Waals surface area contributed by atoms with Crippen LogP contribution in [-0.4, -0.2) is 25.8 Å². The third-order valence-electron chi connectivity index (χ3n) is 2.61. The molecule has 2 nitrogen and oxygen atoms in total. The number of nitrogens with one attached hydrogen (secondary N) is 1. The van der Waals surface area contributed by atoms with Crippen molar-refractivity contribution < 1.29 is 4.74 Å². The lowest BCUT2D eigenvalue weighted by Crippen LogP contribution is -2.17. The second kappa shape index (κ2) is 5.63. The quantitative estimate of drug-likeness (QED) is 0.658. The summed E-state index contributed by atoms with van der Waals surface area (Å²) in [6.07, 6.45) is 7.79. The summed E-state index contributed by atoms with van der Waals surface area (Å²) in [5.41, 5.74) is 1.54. The van der Waals surface area contributed by atoms with Crippen LogP contribution in [0.3, 0.4) is 0 Å². The summed E-state index contributed by atoms with van der Waals surface area (Å²) in [7, 11) is 0. The first-order valence-corrected chi connectivity index (χ1v) is 4.97. The van der Waals surface area contributed by atoms with Crippen LogP contribution in [0, 0.1) is 0 Å². The zero-order valence-corrected chi connectivity index (χ0v) is 8.74. The lowest BCUT2D eigenvalue weighted by molar-refractivity contribution is 0.0461. The Morgan fingerprint density at radius 2 is 2.31 bits per heavy atom. The number of rotatable bonds is 1. The molecule has 2 saturated heterocycles. The van der Waals surface area contributed by atoms with E-state index in [9.17, 15) is 0 Å². The first-order valence-electron chi connectivity index (χ1n) is 4.97. The maximum absolute atomic E-state index is 5.64. The van der Waals surface area contributed by atoms with Crippen molar-refractivity contribution in [2.24, 2.45) is 0 Å². The number of ether oxygens (including phenoxy) is 1. The predicted octanol–water partition coefficient (Wildman–Crippen LogP) is 1.90. The van der Waals surface area contributed by atoms with E-state index in [1.165, 1.54) is 25.7 Å². The molecule has 13 heavy (non-hydrogen) atoms. The van der Waals surface area contributed by atoms with Crippen molar-refractivity contribution in [3.8, 4) is 0 Å². The molecule has 3 heteroatoms. The second-order valence-electron chi connectivity index (χ2n) is 3.66. The molecular weight excluding hydrogens is 186 g/mol. The highest BCUT2D eigenvalue weighted by Gasteiger charge is 2.13. The Bertz CT molecular complexity index is 168. The van der Waals surface area contributed by atoms with Gasteiger partial charge in [-0.3, -0.25) is 0 Å². The summed E-state index contributed by atoms with van der Waals surface area (Å²) in [5, 5.41) is 3.34. The summed E-state index contributed by atoms with van der Waals surface area (Å²) >= 11 is 0. The van der Waals surface area contributed by atoms with Gasteiger partial charge in [0.2, 0.25) is 0 Å². The third kappa shape index (κ3) is 3.29. The zero-order chi connectivity index (χ0) is 8.23. The van der Waals surface area contributed by atoms with E-state index in [1.54, 1.807) is 5.57 Å². The van der Waals surface area contributed by atoms with Gasteiger partial charge in [0.25, 0.3) is 0 Å². The fraction of sp³-hybridized carbons (Fsp3) is 0.800. The van der Waals surface area contributed by atoms with E-state index in [1.807, 2.05) is 0 Å². The van der Waals surface area contributed by atoms with Gasteiger partial charge in [-0.1, -0.05) is 11.6 Å². The smallest absolute Gasteiger partial charge is 0.0758 e. The Kier molecular flexibility index (Phi) is 4.78. The molecule has 0 aromatic carbocycles. The molecule has 0 aliphatic carbocycles. The molecule has 2 fully saturated rings. The lowest BCUT2D eigenvalue weighted by Gasteiger charge is -2.19. The van der Waals surface area contributed by atoms with Gasteiger partial charge in [-0.15, -0.1) is 12.4 Å². The van der Waals surface area contributed by atoms with Crippen LogP contribution < -0.4 is 5.32 Å². The highest BCUT2D eigenvalue weighted by molar-refractivity contribution is 5.85. The van der Waals surface area contributed by atoms with Crippen LogP contribution in [0.2, 0.25) is 0 Å². The average molecular weight is 204 g/mol. The minimum absolute atomic E-state index is 0. The van der Waals surface area contributed by atoms with Gasteiger partial charge in [0, 0.05) is 13.2 Å². The van der Waals surface area contributed by atoms with Gasteiger partial charge >= 0.3 is 0 Å². The van der Waals surface area contributed by atoms with Crippen LogP contribution >= 0.6 is 12.4 Å². The molecule has 0 radical (unpaired) electrons. The van der Waals surface area contributed by atoms with Crippen molar-refractivity contribution in [3.63, 3.8) is 0 Å². The summed E-state index contributed by atoms with van der Waals surface area (Å²) in [4.78, 5) is 0. The fourth-order valence-corrected chi connectivity index (χ4v) is 1.89. The highest BCUT2D eigenvalue weighted by Crippen LogP contribution is 2.17. The molecule has 2 rings (SSSR count). The molecule has 2 aliphatic rings. The Morgan fingerprint density at radius 1 is 1.38 bits per heavy atom. The summed E-state index contributed by atoms with van der Waals surface area (Å²) < 4.78 is 5.64. The Hall–Kier alpha value is -0.0500. The Morgan fingerprint density at radius 3 is 2.92 bits per heavy atom. The molecule has 2 heterocycles. The van der Waals surface area contributed by atoms with E-state index >= 15 is 0 Å². The van der Waals surface area contributed by atoms with Crippen LogP contribution in [0.15, 0.2) is 11.6 Å². The van der Waals surface area contributed by atoms with E-state index in [0.29, 0.717) is 6.10 Å². The molecule has 0 aromatic rings. The average Bonchev–Trinajstić information content (AvgIpc) is 2.59. The van der Waals surface area contributed by atoms with E-state index in [2.05, 4.69) is 11.4 Å². The van der Waals surface area contributed by atoms with E-state index < -0.39 is 0 Å². The molecule has 0 bridgehead atoms. The van der Waals surface area contributed by atoms with Crippen molar-refractivity contribution in [1.29, 1.82) is 0 Å². The first-order chi connectivity index (χ1) is 5.95. The number of hydrogen-bond acceptors (Lipinski definition) is 2. The van der Waals surface area contributed by atoms with E-state index in [-0.39, 0.29) is 12.4 Å². The van der Waals surface area contributed by atoms with Gasteiger partial charge in [-0.25, -0.2) is 0 Å². The van der Waals surface area contributed by atoms with Crippen LogP contribution in [-0.2, 0) is 4.74 Å². The van der Waals surface area contributed by atoms with E-state index in [4.69, 9.17) is 4.74 Å². The molecule has 0 spiro atoms. The third-order valence-corrected chi connectivity index (χ3v) is 2.61. The van der Waals surface area contributed by atoms with Gasteiger partial charge in [0.05, 0.1) is 6.10 Å². The van der Waals surface area contributed by atoms with Gasteiger partial charge in [0.1, 0.15) is 0 Å². The lowest BCUT2D eigenvalue weighted by atomic mass is 10.1. The molecule has 0 amide bonds. The van der Waals surface area contributed by atoms with Crippen molar-refractivity contribution >= 4 is 12.4 Å². The fourth-order valence-electron chi connectivity index (χ4n) is 1.89. The topological polar surface area (TPSA) is 21.3 Å². The second-order valence-corrected chi connectivity index (χ2v) is 3.66. The summed E-state index contributed by atoms with van der Waals surface area (Å²) in [6, 6.07) is 0. The highest BCUT2D eigenvalue weighted by atomic mass is 35.5. The van der Waals surface area contributed by atoms with Gasteiger partial charge in [0.15, 0.2) is 0 Å². The van der Waals surface area contributed by atoms with Gasteiger partial charge in [-0.05, 0) is 32.2 Å². The van der Waals surface area contributed by atoms with Crippen molar-refractivity contribution in [3.05, 3.63) is 11.6 Å². The van der Waals surface area contributed by atoms with Gasteiger partial charge < -0.3 is 10.1 Å². The molecule has 2 aliphatic heterocycles. The van der Waals surface area contributed by atoms with E-state index in [0.717, 1.165) is 19.7 Å². The Balaban J connectivity index is 0.000000845. The van der Waals surface area contributed by atoms with Gasteiger partial charge in [-0.2, -0.15) is 0 Å². The number of hydrogen-bond donors (Lipinski definition) is 1. The number of halogens is 1. The Labute approximate surface area is 86.1 Å². The maximum atomic E-state index is 5.64. The summed E-state index contributed by atoms with van der Waals surface area (Å²) in [5.74, 6) is 0. The predicted molar refractivity (Wildman–Crippen MR) is 56.4 cm³/mol. The minimum atomic E-state index is 0. The SMILES string of the molecule is C(=C1\CCNC1)/C1CCCCO1.Cl. The summed E-state index contributed by atoms with van der Waals surface area (Å²) in [6.45, 7) is 3.19. The van der Waals surface area contributed by atoms with Crippen LogP contribution in [0.4, 0.5) is 0 Å². The molecular formula is C10H18ClNO. The molecule has 0 saturated carbocycles. The van der Waals surface area contributed by atoms with Crippen LogP contribution in [0.5, 0.6) is 0 Å². The van der Waals surface area contributed by atoms with Crippen molar-refractivity contribution in [2.75, 3.05) is 19.7 Å². The molecule has 76 valence electrons. The zero-order valence-electron chi connectivity index (χ0n) is 7.92. The maximum Gasteiger partial charge on any atom is 0.0758 e. The standard InChI is InChI=1S/C10H17NO.ClH/c1-2-6-12-10(3-1)7-9-4-5-11-8-9;/h7,10-11H,1-6,8H2;1H/b9-7-;. The largest absolute Gasteiger partial charge is 0.374 e. The normalized spacial score (nSPS) is 31.7. The minimum Gasteiger partial charge on any atom is -0.374 e.